The first-order chi connectivity index (χ1) is 9.53. The summed E-state index contributed by atoms with van der Waals surface area (Å²) in [4.78, 5) is 0.396. The molecule has 0 saturated carbocycles. The number of fused-ring (bicyclic) bond motifs is 1. The average Bonchev–Trinajstić information content (AvgIpc) is 2.73. The summed E-state index contributed by atoms with van der Waals surface area (Å²) >= 11 is 0. The van der Waals surface area contributed by atoms with Crippen molar-refractivity contribution >= 4 is 20.9 Å². The van der Waals surface area contributed by atoms with Crippen LogP contribution in [0.3, 0.4) is 0 Å². The highest BCUT2D eigenvalue weighted by molar-refractivity contribution is 7.94. The van der Waals surface area contributed by atoms with Gasteiger partial charge in [-0.05, 0) is 44.4 Å². The minimum Gasteiger partial charge on any atom is -0.238 e. The topological polar surface area (TPSA) is 39.1 Å². The molecule has 0 atom stereocenters. The SMILES string of the molecule is Cc1c(C)n(S(=O)(=O)C2=CCCC=C2)c2ccccc12. The Kier molecular flexibility index (Phi) is 3.05. The third-order valence-electron chi connectivity index (χ3n) is 3.87. The van der Waals surface area contributed by atoms with Crippen LogP contribution >= 0.6 is 0 Å². The zero-order valence-electron chi connectivity index (χ0n) is 11.6. The third kappa shape index (κ3) is 1.83. The maximum Gasteiger partial charge on any atom is 0.268 e. The molecule has 1 aliphatic rings. The van der Waals surface area contributed by atoms with Crippen LogP contribution in [-0.4, -0.2) is 12.4 Å². The molecule has 2 aromatic rings. The van der Waals surface area contributed by atoms with Gasteiger partial charge in [0.05, 0.1) is 10.4 Å². The number of para-hydroxylation sites is 1. The largest absolute Gasteiger partial charge is 0.268 e. The maximum atomic E-state index is 12.9. The highest BCUT2D eigenvalue weighted by Gasteiger charge is 2.24. The molecule has 1 aromatic carbocycles. The summed E-state index contributed by atoms with van der Waals surface area (Å²) in [5, 5.41) is 0.994. The first-order valence-corrected chi connectivity index (χ1v) is 8.16. The Balaban J connectivity index is 2.32. The molecule has 104 valence electrons. The van der Waals surface area contributed by atoms with Crippen molar-refractivity contribution in [1.82, 2.24) is 3.97 Å². The van der Waals surface area contributed by atoms with Gasteiger partial charge in [-0.2, -0.15) is 0 Å². The molecule has 3 nitrogen and oxygen atoms in total. The Morgan fingerprint density at radius 3 is 2.55 bits per heavy atom. The number of aromatic nitrogens is 1. The molecule has 1 aromatic heterocycles. The van der Waals surface area contributed by atoms with E-state index in [-0.39, 0.29) is 0 Å². The lowest BCUT2D eigenvalue weighted by Crippen LogP contribution is -2.16. The van der Waals surface area contributed by atoms with Crippen LogP contribution in [0.15, 0.2) is 47.4 Å². The Morgan fingerprint density at radius 1 is 1.10 bits per heavy atom. The van der Waals surface area contributed by atoms with E-state index in [1.54, 1.807) is 12.2 Å². The highest BCUT2D eigenvalue weighted by Crippen LogP contribution is 2.30. The van der Waals surface area contributed by atoms with Crippen LogP contribution in [0.5, 0.6) is 0 Å². The van der Waals surface area contributed by atoms with E-state index in [0.717, 1.165) is 35.0 Å². The smallest absolute Gasteiger partial charge is 0.238 e. The predicted octanol–water partition coefficient (Wildman–Crippen LogP) is 3.67. The van der Waals surface area contributed by atoms with E-state index >= 15 is 0 Å². The summed E-state index contributed by atoms with van der Waals surface area (Å²) in [6.07, 6.45) is 7.12. The summed E-state index contributed by atoms with van der Waals surface area (Å²) in [5.41, 5.74) is 2.55. The molecule has 0 bridgehead atoms. The minimum absolute atomic E-state index is 0.396. The molecule has 3 rings (SSSR count). The monoisotopic (exact) mass is 287 g/mol. The van der Waals surface area contributed by atoms with Gasteiger partial charge in [-0.1, -0.05) is 30.4 Å². The lowest BCUT2D eigenvalue weighted by Gasteiger charge is -2.13. The summed E-state index contributed by atoms with van der Waals surface area (Å²) < 4.78 is 27.2. The van der Waals surface area contributed by atoms with Crippen LogP contribution in [0.2, 0.25) is 0 Å². The van der Waals surface area contributed by atoms with Gasteiger partial charge in [-0.3, -0.25) is 0 Å². The molecule has 0 radical (unpaired) electrons. The fourth-order valence-corrected chi connectivity index (χ4v) is 4.41. The zero-order chi connectivity index (χ0) is 14.3. The number of rotatable bonds is 2. The second-order valence-corrected chi connectivity index (χ2v) is 6.87. The number of hydrogen-bond acceptors (Lipinski definition) is 2. The van der Waals surface area contributed by atoms with E-state index in [1.807, 2.05) is 44.2 Å². The van der Waals surface area contributed by atoms with Crippen LogP contribution in [0, 0.1) is 13.8 Å². The molecule has 4 heteroatoms. The van der Waals surface area contributed by atoms with Crippen molar-refractivity contribution in [2.45, 2.75) is 26.7 Å². The lowest BCUT2D eigenvalue weighted by atomic mass is 10.2. The fraction of sp³-hybridized carbons (Fsp3) is 0.250. The van der Waals surface area contributed by atoms with Gasteiger partial charge in [-0.25, -0.2) is 12.4 Å². The Labute approximate surface area is 119 Å². The Morgan fingerprint density at radius 2 is 1.85 bits per heavy atom. The van der Waals surface area contributed by atoms with Crippen LogP contribution in [-0.2, 0) is 10.0 Å². The number of benzene rings is 1. The second kappa shape index (κ2) is 4.63. The Bertz CT molecular complexity index is 839. The first-order valence-electron chi connectivity index (χ1n) is 6.72. The van der Waals surface area contributed by atoms with Crippen molar-refractivity contribution < 1.29 is 8.42 Å². The van der Waals surface area contributed by atoms with E-state index in [1.165, 1.54) is 3.97 Å². The van der Waals surface area contributed by atoms with Gasteiger partial charge in [0.1, 0.15) is 0 Å². The molecule has 0 saturated heterocycles. The quantitative estimate of drug-likeness (QED) is 0.845. The molecule has 0 amide bonds. The third-order valence-corrected chi connectivity index (χ3v) is 5.72. The fourth-order valence-electron chi connectivity index (χ4n) is 2.69. The zero-order valence-corrected chi connectivity index (χ0v) is 12.4. The van der Waals surface area contributed by atoms with E-state index in [9.17, 15) is 8.42 Å². The van der Waals surface area contributed by atoms with E-state index in [0.29, 0.717) is 4.91 Å². The minimum atomic E-state index is -3.51. The summed E-state index contributed by atoms with van der Waals surface area (Å²) in [7, 11) is -3.51. The molecule has 0 fully saturated rings. The molecule has 20 heavy (non-hydrogen) atoms. The van der Waals surface area contributed by atoms with Gasteiger partial charge in [0.2, 0.25) is 0 Å². The van der Waals surface area contributed by atoms with Gasteiger partial charge in [0.15, 0.2) is 0 Å². The van der Waals surface area contributed by atoms with Gasteiger partial charge in [0, 0.05) is 11.1 Å². The van der Waals surface area contributed by atoms with Gasteiger partial charge in [-0.15, -0.1) is 0 Å². The summed E-state index contributed by atoms with van der Waals surface area (Å²) in [6.45, 7) is 3.83. The average molecular weight is 287 g/mol. The summed E-state index contributed by atoms with van der Waals surface area (Å²) in [6, 6.07) is 7.64. The van der Waals surface area contributed by atoms with Gasteiger partial charge < -0.3 is 0 Å². The van der Waals surface area contributed by atoms with Crippen molar-refractivity contribution in [1.29, 1.82) is 0 Å². The van der Waals surface area contributed by atoms with Crippen molar-refractivity contribution in [3.8, 4) is 0 Å². The number of nitrogens with zero attached hydrogens (tertiary/aromatic N) is 1. The number of aryl methyl sites for hydroxylation is 1. The Hall–Kier alpha value is -1.81. The van der Waals surface area contributed by atoms with Crippen LogP contribution in [0.4, 0.5) is 0 Å². The van der Waals surface area contributed by atoms with E-state index in [4.69, 9.17) is 0 Å². The predicted molar refractivity (Wildman–Crippen MR) is 82.2 cm³/mol. The standard InChI is InChI=1S/C16H17NO2S/c1-12-13(2)17(16-11-7-6-10-15(12)16)20(18,19)14-8-4-3-5-9-14/h4,6-11H,3,5H2,1-2H3. The molecule has 0 unspecified atom stereocenters. The van der Waals surface area contributed by atoms with Crippen molar-refractivity contribution in [2.75, 3.05) is 0 Å². The molecule has 1 aliphatic carbocycles. The van der Waals surface area contributed by atoms with Crippen LogP contribution in [0.25, 0.3) is 10.9 Å². The molecule has 0 N–H and O–H groups in total. The molecule has 0 spiro atoms. The van der Waals surface area contributed by atoms with Crippen molar-refractivity contribution in [3.63, 3.8) is 0 Å². The van der Waals surface area contributed by atoms with Gasteiger partial charge in [0.25, 0.3) is 10.0 Å². The molecular weight excluding hydrogens is 270 g/mol. The lowest BCUT2D eigenvalue weighted by molar-refractivity contribution is 0.594. The van der Waals surface area contributed by atoms with Crippen molar-refractivity contribution in [2.24, 2.45) is 0 Å². The number of allylic oxidation sites excluding steroid dienone is 3. The number of hydrogen-bond donors (Lipinski definition) is 0. The molecule has 1 heterocycles. The second-order valence-electron chi connectivity index (χ2n) is 5.08. The van der Waals surface area contributed by atoms with E-state index < -0.39 is 10.0 Å². The molecule has 0 aliphatic heterocycles. The van der Waals surface area contributed by atoms with Crippen LogP contribution in [0.1, 0.15) is 24.1 Å². The summed E-state index contributed by atoms with van der Waals surface area (Å²) in [5.74, 6) is 0. The maximum absolute atomic E-state index is 12.9. The normalized spacial score (nSPS) is 15.6. The van der Waals surface area contributed by atoms with E-state index in [2.05, 4.69) is 0 Å². The first kappa shape index (κ1) is 13.2. The van der Waals surface area contributed by atoms with Crippen LogP contribution < -0.4 is 0 Å². The van der Waals surface area contributed by atoms with Crippen molar-refractivity contribution in [3.05, 3.63) is 58.7 Å². The van der Waals surface area contributed by atoms with Gasteiger partial charge >= 0.3 is 0 Å². The highest BCUT2D eigenvalue weighted by atomic mass is 32.2. The molecular formula is C16H17NO2S.